The fraction of sp³-hybridized carbons (Fsp3) is 0.381. The molecule has 0 amide bonds. The molecule has 3 aromatic rings. The molecule has 2 aliphatic rings. The molecular formula is C21H24N4O2. The zero-order valence-electron chi connectivity index (χ0n) is 15.3. The fourth-order valence-corrected chi connectivity index (χ4v) is 4.00. The van der Waals surface area contributed by atoms with Crippen molar-refractivity contribution in [2.75, 3.05) is 23.8 Å². The highest BCUT2D eigenvalue weighted by molar-refractivity contribution is 5.92. The third-order valence-electron chi connectivity index (χ3n) is 5.32. The predicted octanol–water partition coefficient (Wildman–Crippen LogP) is 4.82. The van der Waals surface area contributed by atoms with Crippen molar-refractivity contribution in [1.82, 2.24) is 9.97 Å². The summed E-state index contributed by atoms with van der Waals surface area (Å²) in [4.78, 5) is 7.97. The van der Waals surface area contributed by atoms with Crippen LogP contribution >= 0.6 is 0 Å². The van der Waals surface area contributed by atoms with Crippen LogP contribution < -0.4 is 20.1 Å². The van der Waals surface area contributed by atoms with E-state index in [1.807, 2.05) is 24.4 Å². The van der Waals surface area contributed by atoms with Crippen molar-refractivity contribution in [3.05, 3.63) is 36.5 Å². The van der Waals surface area contributed by atoms with Crippen LogP contribution in [0.15, 0.2) is 36.5 Å². The van der Waals surface area contributed by atoms with E-state index in [-0.39, 0.29) is 0 Å². The second kappa shape index (κ2) is 7.02. The molecule has 0 radical (unpaired) electrons. The van der Waals surface area contributed by atoms with Crippen LogP contribution in [0.4, 0.5) is 17.2 Å². The Morgan fingerprint density at radius 3 is 2.81 bits per heavy atom. The molecule has 6 nitrogen and oxygen atoms in total. The Kier molecular flexibility index (Phi) is 4.24. The Hall–Kier alpha value is -2.89. The Morgan fingerprint density at radius 2 is 1.89 bits per heavy atom. The van der Waals surface area contributed by atoms with E-state index in [4.69, 9.17) is 14.5 Å². The van der Waals surface area contributed by atoms with Gasteiger partial charge in [0.1, 0.15) is 24.7 Å². The molecule has 0 unspecified atom stereocenters. The van der Waals surface area contributed by atoms with Crippen LogP contribution in [0.5, 0.6) is 11.5 Å². The number of fused-ring (bicyclic) bond motifs is 2. The van der Waals surface area contributed by atoms with Crippen LogP contribution in [0.2, 0.25) is 0 Å². The molecule has 2 aromatic heterocycles. The van der Waals surface area contributed by atoms with Crippen LogP contribution in [0.3, 0.4) is 0 Å². The molecule has 1 aliphatic heterocycles. The summed E-state index contributed by atoms with van der Waals surface area (Å²) in [5, 5.41) is 8.28. The van der Waals surface area contributed by atoms with Gasteiger partial charge in [0.25, 0.3) is 0 Å². The number of H-pyrrole nitrogens is 1. The first kappa shape index (κ1) is 16.3. The Balaban J connectivity index is 1.47. The summed E-state index contributed by atoms with van der Waals surface area (Å²) in [6, 6.07) is 10.6. The largest absolute Gasteiger partial charge is 0.486 e. The number of aromatic amines is 1. The van der Waals surface area contributed by atoms with E-state index in [1.165, 1.54) is 32.1 Å². The fourth-order valence-electron chi connectivity index (χ4n) is 4.00. The van der Waals surface area contributed by atoms with Gasteiger partial charge >= 0.3 is 0 Å². The Labute approximate surface area is 158 Å². The van der Waals surface area contributed by atoms with Gasteiger partial charge < -0.3 is 25.1 Å². The number of nitrogens with one attached hydrogen (secondary N) is 3. The van der Waals surface area contributed by atoms with Crippen LogP contribution in [0, 0.1) is 0 Å². The second-order valence-corrected chi connectivity index (χ2v) is 7.23. The van der Waals surface area contributed by atoms with E-state index in [1.54, 1.807) is 0 Å². The lowest BCUT2D eigenvalue weighted by atomic mass is 9.95. The molecule has 1 saturated carbocycles. The molecule has 5 rings (SSSR count). The van der Waals surface area contributed by atoms with Gasteiger partial charge in [0.15, 0.2) is 11.5 Å². The van der Waals surface area contributed by atoms with Gasteiger partial charge in [-0.3, -0.25) is 0 Å². The summed E-state index contributed by atoms with van der Waals surface area (Å²) in [7, 11) is 0. The Morgan fingerprint density at radius 1 is 1.00 bits per heavy atom. The lowest BCUT2D eigenvalue weighted by Crippen LogP contribution is -2.22. The standard InChI is InChI=1S/C21H24N4O2/c1-2-5-14(6-3-1)23-17-13-19(25-21-15(17)9-10-22-21)24-16-7-4-8-18-20(16)27-12-11-26-18/h4,7-10,13-14H,1-3,5-6,11-12H2,(H3,22,23,24,25). The van der Waals surface area contributed by atoms with E-state index in [0.717, 1.165) is 39.7 Å². The van der Waals surface area contributed by atoms with Gasteiger partial charge in [-0.25, -0.2) is 4.98 Å². The van der Waals surface area contributed by atoms with Gasteiger partial charge in [-0.1, -0.05) is 25.3 Å². The molecule has 3 heterocycles. The number of anilines is 3. The first-order valence-corrected chi connectivity index (χ1v) is 9.77. The quantitative estimate of drug-likeness (QED) is 0.619. The number of rotatable bonds is 4. The van der Waals surface area contributed by atoms with Gasteiger partial charge in [-0.2, -0.15) is 0 Å². The zero-order chi connectivity index (χ0) is 18.1. The number of ether oxygens (including phenoxy) is 2. The van der Waals surface area contributed by atoms with E-state index in [2.05, 4.69) is 27.8 Å². The molecule has 0 bridgehead atoms. The molecule has 0 atom stereocenters. The highest BCUT2D eigenvalue weighted by Gasteiger charge is 2.18. The highest BCUT2D eigenvalue weighted by atomic mass is 16.6. The summed E-state index contributed by atoms with van der Waals surface area (Å²) in [6.07, 6.45) is 8.36. The summed E-state index contributed by atoms with van der Waals surface area (Å²) in [5.41, 5.74) is 2.87. The molecular weight excluding hydrogens is 340 g/mol. The smallest absolute Gasteiger partial charge is 0.184 e. The van der Waals surface area contributed by atoms with Crippen LogP contribution in [0.1, 0.15) is 32.1 Å². The van der Waals surface area contributed by atoms with E-state index in [9.17, 15) is 0 Å². The maximum atomic E-state index is 5.81. The van der Waals surface area contributed by atoms with Crippen LogP contribution in [-0.2, 0) is 0 Å². The maximum absolute atomic E-state index is 5.81. The van der Waals surface area contributed by atoms with Crippen molar-refractivity contribution >= 4 is 28.2 Å². The molecule has 27 heavy (non-hydrogen) atoms. The molecule has 1 fully saturated rings. The minimum atomic E-state index is 0.535. The summed E-state index contributed by atoms with van der Waals surface area (Å²) >= 11 is 0. The highest BCUT2D eigenvalue weighted by Crippen LogP contribution is 2.39. The first-order chi connectivity index (χ1) is 13.4. The van der Waals surface area contributed by atoms with Crippen molar-refractivity contribution in [2.24, 2.45) is 0 Å². The van der Waals surface area contributed by atoms with Crippen molar-refractivity contribution in [3.8, 4) is 11.5 Å². The maximum Gasteiger partial charge on any atom is 0.184 e. The van der Waals surface area contributed by atoms with Crippen molar-refractivity contribution in [1.29, 1.82) is 0 Å². The van der Waals surface area contributed by atoms with Gasteiger partial charge in [0.2, 0.25) is 0 Å². The SMILES string of the molecule is c1cc(Nc2cc(NC3CCCCC3)c3cc[nH]c3n2)c2c(c1)OCCO2. The molecule has 6 heteroatoms. The van der Waals surface area contributed by atoms with E-state index < -0.39 is 0 Å². The van der Waals surface area contributed by atoms with E-state index >= 15 is 0 Å². The molecule has 140 valence electrons. The lowest BCUT2D eigenvalue weighted by molar-refractivity contribution is 0.172. The summed E-state index contributed by atoms with van der Waals surface area (Å²) in [6.45, 7) is 1.14. The van der Waals surface area contributed by atoms with Crippen LogP contribution in [0.25, 0.3) is 11.0 Å². The average molecular weight is 364 g/mol. The number of benzene rings is 1. The van der Waals surface area contributed by atoms with Gasteiger partial charge in [0, 0.05) is 29.4 Å². The molecule has 3 N–H and O–H groups in total. The zero-order valence-corrected chi connectivity index (χ0v) is 15.3. The normalized spacial score (nSPS) is 17.0. The van der Waals surface area contributed by atoms with Crippen LogP contribution in [-0.4, -0.2) is 29.2 Å². The minimum Gasteiger partial charge on any atom is -0.486 e. The van der Waals surface area contributed by atoms with Crippen molar-refractivity contribution in [3.63, 3.8) is 0 Å². The second-order valence-electron chi connectivity index (χ2n) is 7.23. The summed E-state index contributed by atoms with van der Waals surface area (Å²) in [5.74, 6) is 2.30. The van der Waals surface area contributed by atoms with Gasteiger partial charge in [0.05, 0.1) is 5.69 Å². The van der Waals surface area contributed by atoms with Crippen molar-refractivity contribution in [2.45, 2.75) is 38.1 Å². The number of pyridine rings is 1. The number of hydrogen-bond acceptors (Lipinski definition) is 5. The topological polar surface area (TPSA) is 71.2 Å². The Bertz CT molecular complexity index is 947. The average Bonchev–Trinajstić information content (AvgIpc) is 3.18. The predicted molar refractivity (Wildman–Crippen MR) is 107 cm³/mol. The summed E-state index contributed by atoms with van der Waals surface area (Å²) < 4.78 is 11.5. The molecule has 1 aromatic carbocycles. The number of para-hydroxylation sites is 1. The first-order valence-electron chi connectivity index (χ1n) is 9.77. The number of aromatic nitrogens is 2. The van der Waals surface area contributed by atoms with Gasteiger partial charge in [-0.15, -0.1) is 0 Å². The monoisotopic (exact) mass is 364 g/mol. The lowest BCUT2D eigenvalue weighted by Gasteiger charge is -2.25. The third-order valence-corrected chi connectivity index (χ3v) is 5.32. The van der Waals surface area contributed by atoms with Gasteiger partial charge in [-0.05, 0) is 31.0 Å². The third kappa shape index (κ3) is 3.27. The molecule has 1 aliphatic carbocycles. The van der Waals surface area contributed by atoms with Crippen molar-refractivity contribution < 1.29 is 9.47 Å². The molecule has 0 spiro atoms. The number of hydrogen-bond donors (Lipinski definition) is 3. The number of nitrogens with zero attached hydrogens (tertiary/aromatic N) is 1. The minimum absolute atomic E-state index is 0.535. The molecule has 0 saturated heterocycles. The van der Waals surface area contributed by atoms with E-state index in [0.29, 0.717) is 19.3 Å².